The fourth-order valence-corrected chi connectivity index (χ4v) is 5.68. The molecule has 5 atom stereocenters. The van der Waals surface area contributed by atoms with E-state index in [-0.39, 0.29) is 29.4 Å². The second-order valence-electron chi connectivity index (χ2n) is 12.3. The second kappa shape index (κ2) is 19.5. The first kappa shape index (κ1) is 39.7. The first-order chi connectivity index (χ1) is 25.0. The summed E-state index contributed by atoms with van der Waals surface area (Å²) >= 11 is 0. The molecular formula is C38H46O14. The van der Waals surface area contributed by atoms with E-state index < -0.39 is 66.8 Å². The molecule has 0 bridgehead atoms. The minimum atomic E-state index is -1.49. The highest BCUT2D eigenvalue weighted by atomic mass is 16.7. The van der Waals surface area contributed by atoms with E-state index in [1.165, 1.54) is 19.4 Å². The van der Waals surface area contributed by atoms with Crippen molar-refractivity contribution >= 4 is 34.8 Å². The summed E-state index contributed by atoms with van der Waals surface area (Å²) in [6.45, 7) is 6.73. The van der Waals surface area contributed by atoms with E-state index in [9.17, 15) is 24.0 Å². The largest absolute Gasteiger partial charge is 0.484 e. The lowest BCUT2D eigenvalue weighted by molar-refractivity contribution is -0.288. The van der Waals surface area contributed by atoms with Crippen LogP contribution in [0.25, 0.3) is 11.0 Å². The van der Waals surface area contributed by atoms with Crippen molar-refractivity contribution in [2.45, 2.75) is 110 Å². The molecule has 52 heavy (non-hydrogen) atoms. The molecule has 1 aliphatic heterocycles. The van der Waals surface area contributed by atoms with E-state index in [1.807, 2.05) is 30.3 Å². The van der Waals surface area contributed by atoms with Crippen LogP contribution in [0, 0.1) is 0 Å². The van der Waals surface area contributed by atoms with Gasteiger partial charge in [-0.25, -0.2) is 4.79 Å². The summed E-state index contributed by atoms with van der Waals surface area (Å²) in [7, 11) is 0. The smallest absolute Gasteiger partial charge is 0.383 e. The molecule has 14 heteroatoms. The Morgan fingerprint density at radius 2 is 1.37 bits per heavy atom. The van der Waals surface area contributed by atoms with Gasteiger partial charge in [-0.15, -0.1) is 0 Å². The highest BCUT2D eigenvalue weighted by molar-refractivity contribution is 5.86. The van der Waals surface area contributed by atoms with Gasteiger partial charge in [-0.1, -0.05) is 69.4 Å². The summed E-state index contributed by atoms with van der Waals surface area (Å²) in [5, 5.41) is 0.419. The molecule has 0 aliphatic carbocycles. The Morgan fingerprint density at radius 1 is 0.712 bits per heavy atom. The molecule has 4 rings (SSSR count). The number of fused-ring (bicyclic) bond motifs is 1. The number of carbonyl (C=O) groups is 4. The van der Waals surface area contributed by atoms with Gasteiger partial charge in [-0.3, -0.25) is 19.2 Å². The molecule has 1 aliphatic rings. The molecule has 0 N–H and O–H groups in total. The van der Waals surface area contributed by atoms with Crippen molar-refractivity contribution < 1.29 is 61.5 Å². The molecule has 2 aromatic carbocycles. The standard InChI is InChI=1S/C38H46O14/c1-6-7-8-9-10-14-19-44-35-32(46-21-27-15-12-11-13-16-27)29-18-17-28(20-30(29)51-37(35)43)50-38-36(49-26(5)42)34(48-25(4)41)33(47-24(3)40)31(52-38)22-45-23(2)39/h11-13,15-18,20,31,33-34,36,38H,6-10,14,19,21-22H2,1-5H3/t31-,33+,34+,36-,38-/m1/s1. The maximum absolute atomic E-state index is 13.4. The Kier molecular flexibility index (Phi) is 14.9. The minimum Gasteiger partial charge on any atom is -0.484 e. The van der Waals surface area contributed by atoms with Gasteiger partial charge in [0.15, 0.2) is 18.0 Å². The summed E-state index contributed by atoms with van der Waals surface area (Å²) in [6.07, 6.45) is -0.685. The Bertz CT molecular complexity index is 1720. The molecule has 1 saturated heterocycles. The molecule has 0 spiro atoms. The summed E-state index contributed by atoms with van der Waals surface area (Å²) in [5.74, 6) is -2.74. The molecule has 0 amide bonds. The van der Waals surface area contributed by atoms with E-state index >= 15 is 0 Å². The average Bonchev–Trinajstić information content (AvgIpc) is 3.09. The van der Waals surface area contributed by atoms with Crippen molar-refractivity contribution in [3.63, 3.8) is 0 Å². The number of rotatable bonds is 18. The van der Waals surface area contributed by atoms with Crippen LogP contribution in [0.5, 0.6) is 17.2 Å². The fourth-order valence-electron chi connectivity index (χ4n) is 5.68. The van der Waals surface area contributed by atoms with Crippen molar-refractivity contribution in [3.8, 4) is 17.2 Å². The van der Waals surface area contributed by atoms with Crippen LogP contribution in [0.15, 0.2) is 57.7 Å². The van der Waals surface area contributed by atoms with Crippen molar-refractivity contribution in [1.29, 1.82) is 0 Å². The molecule has 3 aromatic rings. The zero-order valence-corrected chi connectivity index (χ0v) is 30.1. The molecule has 0 unspecified atom stereocenters. The fraction of sp³-hybridized carbons (Fsp3) is 0.500. The lowest BCUT2D eigenvalue weighted by Crippen LogP contribution is -2.63. The summed E-state index contributed by atoms with van der Waals surface area (Å²) in [4.78, 5) is 61.5. The summed E-state index contributed by atoms with van der Waals surface area (Å²) in [5.41, 5.74) is 0.198. The molecular weight excluding hydrogens is 680 g/mol. The normalized spacial score (nSPS) is 19.7. The van der Waals surface area contributed by atoms with Crippen LogP contribution in [-0.4, -0.2) is 67.8 Å². The Morgan fingerprint density at radius 3 is 2.04 bits per heavy atom. The number of esters is 4. The zero-order chi connectivity index (χ0) is 37.6. The number of ether oxygens (including phenoxy) is 8. The van der Waals surface area contributed by atoms with Gasteiger partial charge in [0.1, 0.15) is 30.7 Å². The van der Waals surface area contributed by atoms with Crippen LogP contribution < -0.4 is 19.8 Å². The van der Waals surface area contributed by atoms with Crippen LogP contribution in [0.3, 0.4) is 0 Å². The SMILES string of the molecule is CCCCCCCCOc1c(OCc2ccccc2)c2ccc(O[C@@H]3O[C@H](COC(C)=O)[C@H](OC(C)=O)[C@H](OC(C)=O)[C@H]3OC(C)=O)cc2oc1=O. The van der Waals surface area contributed by atoms with Crippen molar-refractivity contribution in [3.05, 3.63) is 64.5 Å². The zero-order valence-electron chi connectivity index (χ0n) is 30.1. The summed E-state index contributed by atoms with van der Waals surface area (Å²) < 4.78 is 51.5. The molecule has 14 nitrogen and oxygen atoms in total. The van der Waals surface area contributed by atoms with E-state index in [2.05, 4.69) is 6.92 Å². The second-order valence-corrected chi connectivity index (χ2v) is 12.3. The number of unbranched alkanes of at least 4 members (excludes halogenated alkanes) is 5. The number of hydrogen-bond acceptors (Lipinski definition) is 14. The van der Waals surface area contributed by atoms with E-state index in [4.69, 9.17) is 42.3 Å². The molecule has 0 saturated carbocycles. The minimum absolute atomic E-state index is 0.0507. The van der Waals surface area contributed by atoms with Gasteiger partial charge in [0, 0.05) is 33.8 Å². The highest BCUT2D eigenvalue weighted by Crippen LogP contribution is 2.37. The number of benzene rings is 2. The van der Waals surface area contributed by atoms with Gasteiger partial charge in [-0.05, 0) is 24.1 Å². The maximum atomic E-state index is 13.4. The predicted molar refractivity (Wildman–Crippen MR) is 185 cm³/mol. The quantitative estimate of drug-likeness (QED) is 0.0689. The van der Waals surface area contributed by atoms with Gasteiger partial charge < -0.3 is 42.3 Å². The third kappa shape index (κ3) is 11.5. The number of hydrogen-bond donors (Lipinski definition) is 0. The molecule has 1 aromatic heterocycles. The Hall–Kier alpha value is -5.11. The van der Waals surface area contributed by atoms with Gasteiger partial charge in [0.2, 0.25) is 18.1 Å². The molecule has 1 fully saturated rings. The first-order valence-electron chi connectivity index (χ1n) is 17.3. The van der Waals surface area contributed by atoms with Gasteiger partial charge in [-0.2, -0.15) is 0 Å². The number of carbonyl (C=O) groups excluding carboxylic acids is 4. The monoisotopic (exact) mass is 726 g/mol. The lowest BCUT2D eigenvalue weighted by Gasteiger charge is -2.43. The van der Waals surface area contributed by atoms with Crippen LogP contribution in [0.4, 0.5) is 0 Å². The van der Waals surface area contributed by atoms with E-state index in [0.29, 0.717) is 12.0 Å². The predicted octanol–water partition coefficient (Wildman–Crippen LogP) is 5.57. The molecule has 282 valence electrons. The van der Waals surface area contributed by atoms with Crippen molar-refractivity contribution in [1.82, 2.24) is 0 Å². The Labute approximate surface area is 301 Å². The van der Waals surface area contributed by atoms with Gasteiger partial charge >= 0.3 is 29.5 Å². The maximum Gasteiger partial charge on any atom is 0.383 e. The van der Waals surface area contributed by atoms with Crippen LogP contribution in [0.1, 0.15) is 78.7 Å². The van der Waals surface area contributed by atoms with Crippen molar-refractivity contribution in [2.75, 3.05) is 13.2 Å². The molecule has 2 heterocycles. The lowest BCUT2D eigenvalue weighted by atomic mass is 9.98. The van der Waals surface area contributed by atoms with Gasteiger partial charge in [0.05, 0.1) is 12.0 Å². The molecule has 0 radical (unpaired) electrons. The highest BCUT2D eigenvalue weighted by Gasteiger charge is 2.53. The summed E-state index contributed by atoms with van der Waals surface area (Å²) in [6, 6.07) is 14.0. The van der Waals surface area contributed by atoms with Crippen LogP contribution >= 0.6 is 0 Å². The van der Waals surface area contributed by atoms with E-state index in [1.54, 1.807) is 12.1 Å². The average molecular weight is 727 g/mol. The van der Waals surface area contributed by atoms with Crippen molar-refractivity contribution in [2.24, 2.45) is 0 Å². The first-order valence-corrected chi connectivity index (χ1v) is 17.3. The van der Waals surface area contributed by atoms with Gasteiger partial charge in [0.25, 0.3) is 0 Å². The van der Waals surface area contributed by atoms with Crippen LogP contribution in [0.2, 0.25) is 0 Å². The topological polar surface area (TPSA) is 172 Å². The van der Waals surface area contributed by atoms with E-state index in [0.717, 1.165) is 58.4 Å². The third-order valence-corrected chi connectivity index (χ3v) is 7.96. The van der Waals surface area contributed by atoms with Crippen LogP contribution in [-0.2, 0) is 49.5 Å². The Balaban J connectivity index is 1.68. The third-order valence-electron chi connectivity index (χ3n) is 7.96.